The van der Waals surface area contributed by atoms with Crippen molar-refractivity contribution >= 4 is 28.8 Å². The zero-order chi connectivity index (χ0) is 13.0. The van der Waals surface area contributed by atoms with Gasteiger partial charge in [0.1, 0.15) is 17.3 Å². The average Bonchev–Trinajstić information content (AvgIpc) is 2.37. The number of hydrogen-bond acceptors (Lipinski definition) is 4. The van der Waals surface area contributed by atoms with E-state index < -0.39 is 0 Å². The van der Waals surface area contributed by atoms with Crippen LogP contribution in [0.1, 0.15) is 11.3 Å². The van der Waals surface area contributed by atoms with E-state index in [9.17, 15) is 0 Å². The SMILES string of the molecule is NC(=S)c1cc(COc2cncc(Cl)c2)ccn1. The molecule has 0 fully saturated rings. The number of pyridine rings is 2. The van der Waals surface area contributed by atoms with E-state index in [4.69, 9.17) is 34.3 Å². The lowest BCUT2D eigenvalue weighted by Gasteiger charge is -2.06. The quantitative estimate of drug-likeness (QED) is 0.871. The molecule has 0 saturated carbocycles. The van der Waals surface area contributed by atoms with E-state index in [0.717, 1.165) is 5.56 Å². The second-order valence-electron chi connectivity index (χ2n) is 3.54. The van der Waals surface area contributed by atoms with Crippen LogP contribution in [-0.4, -0.2) is 15.0 Å². The largest absolute Gasteiger partial charge is 0.487 e. The first-order valence-corrected chi connectivity index (χ1v) is 5.92. The molecule has 0 atom stereocenters. The van der Waals surface area contributed by atoms with Crippen LogP contribution in [0.5, 0.6) is 5.75 Å². The summed E-state index contributed by atoms with van der Waals surface area (Å²) in [5, 5.41) is 0.533. The van der Waals surface area contributed by atoms with Crippen LogP contribution in [-0.2, 0) is 6.61 Å². The predicted molar refractivity (Wildman–Crippen MR) is 73.7 cm³/mol. The van der Waals surface area contributed by atoms with E-state index in [1.807, 2.05) is 6.07 Å². The molecule has 2 heterocycles. The number of rotatable bonds is 4. The molecule has 2 aromatic rings. The zero-order valence-corrected chi connectivity index (χ0v) is 10.9. The second-order valence-corrected chi connectivity index (χ2v) is 4.42. The number of nitrogens with two attached hydrogens (primary N) is 1. The molecule has 0 spiro atoms. The van der Waals surface area contributed by atoms with Crippen LogP contribution >= 0.6 is 23.8 Å². The van der Waals surface area contributed by atoms with Gasteiger partial charge in [0.05, 0.1) is 16.9 Å². The Labute approximate surface area is 115 Å². The minimum absolute atomic E-state index is 0.265. The Morgan fingerprint density at radius 2 is 2.22 bits per heavy atom. The van der Waals surface area contributed by atoms with Gasteiger partial charge >= 0.3 is 0 Å². The zero-order valence-electron chi connectivity index (χ0n) is 9.34. The Kier molecular flexibility index (Phi) is 4.07. The lowest BCUT2D eigenvalue weighted by molar-refractivity contribution is 0.305. The highest BCUT2D eigenvalue weighted by Crippen LogP contribution is 2.16. The minimum Gasteiger partial charge on any atom is -0.487 e. The maximum atomic E-state index is 5.81. The fraction of sp³-hybridized carbons (Fsp3) is 0.0833. The lowest BCUT2D eigenvalue weighted by atomic mass is 10.2. The number of hydrogen-bond donors (Lipinski definition) is 1. The average molecular weight is 280 g/mol. The maximum Gasteiger partial charge on any atom is 0.139 e. The van der Waals surface area contributed by atoms with Crippen molar-refractivity contribution in [3.05, 3.63) is 53.1 Å². The van der Waals surface area contributed by atoms with E-state index in [-0.39, 0.29) is 4.99 Å². The number of nitrogens with zero attached hydrogens (tertiary/aromatic N) is 2. The summed E-state index contributed by atoms with van der Waals surface area (Å²) in [5.74, 6) is 0.608. The molecule has 0 aliphatic carbocycles. The summed E-state index contributed by atoms with van der Waals surface area (Å²) in [6.45, 7) is 0.375. The molecule has 0 radical (unpaired) electrons. The van der Waals surface area contributed by atoms with Gasteiger partial charge in [-0.15, -0.1) is 0 Å². The molecule has 92 valence electrons. The van der Waals surface area contributed by atoms with Crippen LogP contribution in [0.2, 0.25) is 5.02 Å². The summed E-state index contributed by atoms with van der Waals surface area (Å²) in [6, 6.07) is 5.32. The molecule has 0 saturated heterocycles. The van der Waals surface area contributed by atoms with E-state index in [0.29, 0.717) is 23.1 Å². The molecule has 0 bridgehead atoms. The summed E-state index contributed by atoms with van der Waals surface area (Å²) in [4.78, 5) is 8.25. The first-order chi connectivity index (χ1) is 8.65. The highest BCUT2D eigenvalue weighted by Gasteiger charge is 2.01. The predicted octanol–water partition coefficient (Wildman–Crippen LogP) is 2.34. The van der Waals surface area contributed by atoms with Gasteiger partial charge in [-0.3, -0.25) is 9.97 Å². The molecule has 0 aliphatic rings. The monoisotopic (exact) mass is 279 g/mol. The highest BCUT2D eigenvalue weighted by molar-refractivity contribution is 7.80. The van der Waals surface area contributed by atoms with Gasteiger partial charge in [0.15, 0.2) is 0 Å². The van der Waals surface area contributed by atoms with Gasteiger partial charge in [-0.05, 0) is 17.7 Å². The number of ether oxygens (including phenoxy) is 1. The summed E-state index contributed by atoms with van der Waals surface area (Å²) >= 11 is 10.7. The number of halogens is 1. The summed E-state index contributed by atoms with van der Waals surface area (Å²) in [7, 11) is 0. The van der Waals surface area contributed by atoms with E-state index in [1.165, 1.54) is 0 Å². The van der Waals surface area contributed by atoms with Gasteiger partial charge in [0.25, 0.3) is 0 Å². The topological polar surface area (TPSA) is 61.0 Å². The molecular formula is C12H10ClN3OS. The number of thiocarbonyl (C=S) groups is 1. The van der Waals surface area contributed by atoms with Crippen molar-refractivity contribution in [2.24, 2.45) is 5.73 Å². The minimum atomic E-state index is 0.265. The van der Waals surface area contributed by atoms with Crippen molar-refractivity contribution < 1.29 is 4.74 Å². The first kappa shape index (κ1) is 12.7. The van der Waals surface area contributed by atoms with E-state index in [2.05, 4.69) is 9.97 Å². The summed E-state index contributed by atoms with van der Waals surface area (Å²) < 4.78 is 5.55. The van der Waals surface area contributed by atoms with Gasteiger partial charge in [0, 0.05) is 18.5 Å². The standard InChI is InChI=1S/C12H10ClN3OS/c13-9-4-10(6-15-5-9)17-7-8-1-2-16-11(3-8)12(14)18/h1-6H,7H2,(H2,14,18). The van der Waals surface area contributed by atoms with Gasteiger partial charge < -0.3 is 10.5 Å². The molecule has 0 aromatic carbocycles. The van der Waals surface area contributed by atoms with Crippen LogP contribution in [0.25, 0.3) is 0 Å². The normalized spacial score (nSPS) is 10.1. The smallest absolute Gasteiger partial charge is 0.139 e. The number of aromatic nitrogens is 2. The molecule has 18 heavy (non-hydrogen) atoms. The second kappa shape index (κ2) is 5.75. The Hall–Kier alpha value is -1.72. The third-order valence-electron chi connectivity index (χ3n) is 2.16. The Morgan fingerprint density at radius 1 is 1.39 bits per heavy atom. The molecular weight excluding hydrogens is 270 g/mol. The van der Waals surface area contributed by atoms with Crippen LogP contribution in [0.15, 0.2) is 36.8 Å². The van der Waals surface area contributed by atoms with Crippen LogP contribution in [0.3, 0.4) is 0 Å². The molecule has 2 aromatic heterocycles. The molecule has 2 rings (SSSR count). The molecule has 0 amide bonds. The third kappa shape index (κ3) is 3.38. The van der Waals surface area contributed by atoms with Crippen molar-refractivity contribution in [3.8, 4) is 5.75 Å². The van der Waals surface area contributed by atoms with Gasteiger partial charge in [-0.2, -0.15) is 0 Å². The molecule has 0 aliphatic heterocycles. The Bertz CT molecular complexity index is 577. The highest BCUT2D eigenvalue weighted by atomic mass is 35.5. The van der Waals surface area contributed by atoms with Gasteiger partial charge in [0.2, 0.25) is 0 Å². The van der Waals surface area contributed by atoms with E-state index >= 15 is 0 Å². The molecule has 0 unspecified atom stereocenters. The van der Waals surface area contributed by atoms with Crippen LogP contribution < -0.4 is 10.5 Å². The summed E-state index contributed by atoms with van der Waals surface area (Å²) in [5.41, 5.74) is 7.01. The van der Waals surface area contributed by atoms with Gasteiger partial charge in [-0.1, -0.05) is 23.8 Å². The van der Waals surface area contributed by atoms with Crippen molar-refractivity contribution in [3.63, 3.8) is 0 Å². The maximum absolute atomic E-state index is 5.81. The molecule has 6 heteroatoms. The van der Waals surface area contributed by atoms with Crippen molar-refractivity contribution in [1.82, 2.24) is 9.97 Å². The summed E-state index contributed by atoms with van der Waals surface area (Å²) in [6.07, 6.45) is 4.79. The fourth-order valence-corrected chi connectivity index (χ4v) is 1.61. The Balaban J connectivity index is 2.06. The molecule has 2 N–H and O–H groups in total. The lowest BCUT2D eigenvalue weighted by Crippen LogP contribution is -2.12. The van der Waals surface area contributed by atoms with Crippen LogP contribution in [0, 0.1) is 0 Å². The first-order valence-electron chi connectivity index (χ1n) is 5.13. The fourth-order valence-electron chi connectivity index (χ4n) is 1.34. The van der Waals surface area contributed by atoms with E-state index in [1.54, 1.807) is 30.7 Å². The van der Waals surface area contributed by atoms with Crippen molar-refractivity contribution in [1.29, 1.82) is 0 Å². The van der Waals surface area contributed by atoms with Crippen LogP contribution in [0.4, 0.5) is 0 Å². The van der Waals surface area contributed by atoms with Gasteiger partial charge in [-0.25, -0.2) is 0 Å². The molecule has 4 nitrogen and oxygen atoms in total. The third-order valence-corrected chi connectivity index (χ3v) is 2.58. The Morgan fingerprint density at radius 3 is 2.94 bits per heavy atom. The van der Waals surface area contributed by atoms with Crippen molar-refractivity contribution in [2.75, 3.05) is 0 Å². The van der Waals surface area contributed by atoms with Crippen molar-refractivity contribution in [2.45, 2.75) is 6.61 Å².